The number of nitrogens with two attached hydrogens (primary N) is 1. The maximum Gasteiger partial charge on any atom is 0.328 e. The number of benzene rings is 1. The van der Waals surface area contributed by atoms with Gasteiger partial charge < -0.3 is 20.5 Å². The summed E-state index contributed by atoms with van der Waals surface area (Å²) >= 11 is 1.78. The molecular formula is C22H34N2O5S3. The quantitative estimate of drug-likeness (QED) is 0.152. The second-order valence-electron chi connectivity index (χ2n) is 7.12. The van der Waals surface area contributed by atoms with Crippen LogP contribution in [0.4, 0.5) is 0 Å². The van der Waals surface area contributed by atoms with Crippen molar-refractivity contribution in [3.63, 3.8) is 0 Å². The highest BCUT2D eigenvalue weighted by atomic mass is 33.1. The maximum atomic E-state index is 12.8. The fraction of sp³-hybridized carbons (Fsp3) is 0.591. The molecule has 0 aliphatic rings. The third kappa shape index (κ3) is 13.2. The third-order valence-electron chi connectivity index (χ3n) is 4.31. The predicted molar refractivity (Wildman–Crippen MR) is 134 cm³/mol. The van der Waals surface area contributed by atoms with Crippen LogP contribution in [0.15, 0.2) is 30.3 Å². The molecule has 3 unspecified atom stereocenters. The third-order valence-corrected chi connectivity index (χ3v) is 7.54. The topological polar surface area (TPSA) is 108 Å². The summed E-state index contributed by atoms with van der Waals surface area (Å²) in [5, 5.41) is 2.65. The second-order valence-corrected chi connectivity index (χ2v) is 10.7. The van der Waals surface area contributed by atoms with Crippen LogP contribution in [0.3, 0.4) is 0 Å². The smallest absolute Gasteiger partial charge is 0.328 e. The van der Waals surface area contributed by atoms with E-state index >= 15 is 0 Å². The Morgan fingerprint density at radius 3 is 2.38 bits per heavy atom. The van der Waals surface area contributed by atoms with Crippen molar-refractivity contribution in [3.8, 4) is 0 Å². The zero-order chi connectivity index (χ0) is 23.8. The van der Waals surface area contributed by atoms with Gasteiger partial charge in [-0.3, -0.25) is 14.4 Å². The molecule has 0 heterocycles. The monoisotopic (exact) mass is 502 g/mol. The number of hydrogen-bond acceptors (Lipinski definition) is 9. The minimum absolute atomic E-state index is 0.139. The molecule has 3 N–H and O–H groups in total. The Labute approximate surface area is 203 Å². The first-order valence-corrected chi connectivity index (χ1v) is 14.4. The second kappa shape index (κ2) is 17.2. The number of nitrogens with one attached hydrogen (secondary N) is 1. The molecule has 0 aliphatic carbocycles. The Morgan fingerprint density at radius 1 is 1.06 bits per heavy atom. The van der Waals surface area contributed by atoms with Crippen molar-refractivity contribution in [1.82, 2.24) is 5.32 Å². The predicted octanol–water partition coefficient (Wildman–Crippen LogP) is 3.27. The van der Waals surface area contributed by atoms with E-state index in [2.05, 4.69) is 11.6 Å². The lowest BCUT2D eigenvalue weighted by atomic mass is 10.0. The van der Waals surface area contributed by atoms with E-state index in [1.165, 1.54) is 6.92 Å². The van der Waals surface area contributed by atoms with E-state index in [0.29, 0.717) is 12.2 Å². The van der Waals surface area contributed by atoms with Crippen molar-refractivity contribution >= 4 is 51.2 Å². The first-order valence-electron chi connectivity index (χ1n) is 10.5. The summed E-state index contributed by atoms with van der Waals surface area (Å²) in [5.74, 6) is 0.822. The van der Waals surface area contributed by atoms with Gasteiger partial charge in [0.05, 0.1) is 5.92 Å². The number of esters is 2. The largest absolute Gasteiger partial charge is 0.425 e. The van der Waals surface area contributed by atoms with Crippen molar-refractivity contribution in [2.75, 3.05) is 30.1 Å². The summed E-state index contributed by atoms with van der Waals surface area (Å²) < 4.78 is 9.91. The number of hydrogen-bond donors (Lipinski definition) is 2. The van der Waals surface area contributed by atoms with Crippen molar-refractivity contribution < 1.29 is 23.9 Å². The van der Waals surface area contributed by atoms with Gasteiger partial charge in [-0.25, -0.2) is 0 Å². The number of thioether (sulfide) groups is 1. The molecule has 0 aliphatic heterocycles. The summed E-state index contributed by atoms with van der Waals surface area (Å²) in [4.78, 5) is 36.0. The van der Waals surface area contributed by atoms with E-state index in [-0.39, 0.29) is 30.8 Å². The van der Waals surface area contributed by atoms with E-state index in [0.717, 1.165) is 23.5 Å². The first-order chi connectivity index (χ1) is 15.3. The minimum atomic E-state index is -0.991. The van der Waals surface area contributed by atoms with E-state index in [1.54, 1.807) is 40.3 Å². The van der Waals surface area contributed by atoms with Crippen LogP contribution in [-0.4, -0.2) is 60.2 Å². The van der Waals surface area contributed by atoms with Gasteiger partial charge in [-0.15, -0.1) is 0 Å². The molecular weight excluding hydrogens is 468 g/mol. The van der Waals surface area contributed by atoms with E-state index < -0.39 is 18.2 Å². The van der Waals surface area contributed by atoms with E-state index in [1.807, 2.05) is 30.3 Å². The Bertz CT molecular complexity index is 693. The molecule has 0 radical (unpaired) electrons. The first kappa shape index (κ1) is 28.7. The highest BCUT2D eigenvalue weighted by molar-refractivity contribution is 8.76. The average molecular weight is 503 g/mol. The Morgan fingerprint density at radius 2 is 1.72 bits per heavy atom. The average Bonchev–Trinajstić information content (AvgIpc) is 2.78. The Hall–Kier alpha value is -1.36. The van der Waals surface area contributed by atoms with E-state index in [4.69, 9.17) is 15.2 Å². The lowest BCUT2D eigenvalue weighted by Gasteiger charge is -2.18. The minimum Gasteiger partial charge on any atom is -0.425 e. The molecule has 32 heavy (non-hydrogen) atoms. The fourth-order valence-corrected chi connectivity index (χ4v) is 5.67. The van der Waals surface area contributed by atoms with Crippen LogP contribution in [0, 0.1) is 5.92 Å². The van der Waals surface area contributed by atoms with Gasteiger partial charge in [0, 0.05) is 30.9 Å². The molecule has 180 valence electrons. The van der Waals surface area contributed by atoms with E-state index in [9.17, 15) is 14.4 Å². The van der Waals surface area contributed by atoms with Crippen molar-refractivity contribution in [3.05, 3.63) is 35.9 Å². The normalized spacial score (nSPS) is 13.6. The van der Waals surface area contributed by atoms with Gasteiger partial charge in [0.15, 0.2) is 0 Å². The van der Waals surface area contributed by atoms with Gasteiger partial charge in [-0.2, -0.15) is 11.8 Å². The summed E-state index contributed by atoms with van der Waals surface area (Å²) in [5.41, 5.74) is 7.16. The molecule has 3 atom stereocenters. The van der Waals surface area contributed by atoms with Crippen LogP contribution < -0.4 is 11.1 Å². The molecule has 1 rings (SSSR count). The van der Waals surface area contributed by atoms with Crippen LogP contribution >= 0.6 is 33.3 Å². The maximum absolute atomic E-state index is 12.8. The van der Waals surface area contributed by atoms with Gasteiger partial charge >= 0.3 is 11.9 Å². The molecule has 1 aromatic carbocycles. The molecule has 0 saturated heterocycles. The summed E-state index contributed by atoms with van der Waals surface area (Å²) in [7, 11) is 3.29. The van der Waals surface area contributed by atoms with Gasteiger partial charge in [-0.1, -0.05) is 58.8 Å². The van der Waals surface area contributed by atoms with Gasteiger partial charge in [-0.05, 0) is 30.4 Å². The van der Waals surface area contributed by atoms with Crippen molar-refractivity contribution in [2.45, 2.75) is 45.4 Å². The highest BCUT2D eigenvalue weighted by Crippen LogP contribution is 2.26. The highest BCUT2D eigenvalue weighted by Gasteiger charge is 2.21. The number of ether oxygens (including phenoxy) is 2. The molecule has 0 saturated carbocycles. The van der Waals surface area contributed by atoms with Crippen LogP contribution in [0.25, 0.3) is 0 Å². The van der Waals surface area contributed by atoms with Crippen LogP contribution in [0.5, 0.6) is 0 Å². The molecule has 1 aromatic rings. The van der Waals surface area contributed by atoms with Crippen LogP contribution in [-0.2, 0) is 30.3 Å². The number of amides is 1. The molecule has 7 nitrogen and oxygen atoms in total. The molecule has 0 fully saturated rings. The van der Waals surface area contributed by atoms with Crippen molar-refractivity contribution in [2.24, 2.45) is 11.7 Å². The van der Waals surface area contributed by atoms with Gasteiger partial charge in [0.2, 0.25) is 12.2 Å². The molecule has 0 aromatic heterocycles. The molecule has 0 spiro atoms. The Kier molecular flexibility index (Phi) is 15.4. The summed E-state index contributed by atoms with van der Waals surface area (Å²) in [6.07, 6.45) is 2.80. The number of rotatable bonds is 16. The van der Waals surface area contributed by atoms with Crippen molar-refractivity contribution in [1.29, 1.82) is 0 Å². The lowest BCUT2D eigenvalue weighted by molar-refractivity contribution is -0.183. The standard InChI is InChI=1S/C22H34N2O5S3/c1-4-20(25)28-16(2)29-21(26)13-24-22(27)18(12-17-8-6-5-7-9-17)14-31-32-15-19(23)10-11-30-3/h5-9,16,18-19H,4,10-15,23H2,1-3H3,(H,24,27). The van der Waals surface area contributed by atoms with Crippen LogP contribution in [0.1, 0.15) is 32.3 Å². The zero-order valence-electron chi connectivity index (χ0n) is 18.9. The van der Waals surface area contributed by atoms with Gasteiger partial charge in [0.1, 0.15) is 6.54 Å². The number of carbonyl (C=O) groups is 3. The summed E-state index contributed by atoms with van der Waals surface area (Å²) in [6.45, 7) is 2.83. The van der Waals surface area contributed by atoms with Crippen LogP contribution in [0.2, 0.25) is 0 Å². The fourth-order valence-electron chi connectivity index (χ4n) is 2.57. The zero-order valence-corrected chi connectivity index (χ0v) is 21.4. The Balaban J connectivity index is 2.53. The lowest BCUT2D eigenvalue weighted by Crippen LogP contribution is -2.38. The molecule has 10 heteroatoms. The molecule has 0 bridgehead atoms. The molecule has 1 amide bonds. The number of carbonyl (C=O) groups excluding carboxylic acids is 3. The van der Waals surface area contributed by atoms with Gasteiger partial charge in [0.25, 0.3) is 0 Å². The summed E-state index contributed by atoms with van der Waals surface area (Å²) in [6, 6.07) is 9.91. The SMILES string of the molecule is CCC(=O)OC(C)OC(=O)CNC(=O)C(CSSCC(N)CCSC)Cc1ccccc1.